The number of carbonyl (C=O) groups excluding carboxylic acids is 1. The minimum Gasteiger partial charge on any atom is -0.494 e. The number of hydrogen-bond acceptors (Lipinski definition) is 5. The zero-order valence-electron chi connectivity index (χ0n) is 16.6. The van der Waals surface area contributed by atoms with E-state index in [4.69, 9.17) is 0 Å². The second-order valence-electron chi connectivity index (χ2n) is 7.01. The molecule has 1 amide bonds. The molecule has 0 fully saturated rings. The van der Waals surface area contributed by atoms with Crippen molar-refractivity contribution in [3.05, 3.63) is 90.5 Å². The number of carbonyl (C=O) groups is 1. The summed E-state index contributed by atoms with van der Waals surface area (Å²) in [5.74, 6) is -1.01. The number of nitrogens with zero attached hydrogens (tertiary/aromatic N) is 3. The number of benzene rings is 2. The molecule has 0 unspecified atom stereocenters. The van der Waals surface area contributed by atoms with Crippen molar-refractivity contribution in [3.8, 4) is 11.6 Å². The SMILES string of the molecule is CC1=NN(c2ccc(Br)cc2)C(=O)/C1=C\c1c(O)n(-c2cccc(C)c2)c(=O)[nH]c1=O. The molecule has 1 aliphatic heterocycles. The van der Waals surface area contributed by atoms with Crippen LogP contribution in [-0.4, -0.2) is 26.3 Å². The number of anilines is 1. The summed E-state index contributed by atoms with van der Waals surface area (Å²) in [6, 6.07) is 13.9. The molecule has 0 saturated carbocycles. The first-order valence-electron chi connectivity index (χ1n) is 9.29. The minimum atomic E-state index is -0.804. The van der Waals surface area contributed by atoms with Gasteiger partial charge in [-0.3, -0.25) is 14.6 Å². The highest BCUT2D eigenvalue weighted by Gasteiger charge is 2.29. The van der Waals surface area contributed by atoms with Gasteiger partial charge in [0, 0.05) is 4.47 Å². The Morgan fingerprint density at radius 3 is 2.42 bits per heavy atom. The van der Waals surface area contributed by atoms with Crippen molar-refractivity contribution >= 4 is 39.3 Å². The molecule has 0 spiro atoms. The van der Waals surface area contributed by atoms with E-state index in [1.807, 2.05) is 13.0 Å². The van der Waals surface area contributed by atoms with E-state index in [2.05, 4.69) is 26.0 Å². The summed E-state index contributed by atoms with van der Waals surface area (Å²) < 4.78 is 1.84. The topological polar surface area (TPSA) is 108 Å². The van der Waals surface area contributed by atoms with E-state index in [0.717, 1.165) is 14.6 Å². The van der Waals surface area contributed by atoms with Crippen LogP contribution in [0.15, 0.2) is 73.3 Å². The van der Waals surface area contributed by atoms with Gasteiger partial charge in [-0.2, -0.15) is 10.1 Å². The first-order valence-corrected chi connectivity index (χ1v) is 10.1. The van der Waals surface area contributed by atoms with Crippen molar-refractivity contribution in [1.29, 1.82) is 0 Å². The second-order valence-corrected chi connectivity index (χ2v) is 7.92. The summed E-state index contributed by atoms with van der Waals surface area (Å²) in [5.41, 5.74) is 0.525. The molecule has 156 valence electrons. The van der Waals surface area contributed by atoms with Crippen molar-refractivity contribution in [3.63, 3.8) is 0 Å². The highest BCUT2D eigenvalue weighted by Crippen LogP contribution is 2.27. The zero-order chi connectivity index (χ0) is 22.3. The van der Waals surface area contributed by atoms with E-state index in [1.54, 1.807) is 49.4 Å². The summed E-state index contributed by atoms with van der Waals surface area (Å²) >= 11 is 3.34. The quantitative estimate of drug-likeness (QED) is 0.561. The fourth-order valence-electron chi connectivity index (χ4n) is 3.26. The first kappa shape index (κ1) is 20.5. The van der Waals surface area contributed by atoms with Crippen molar-refractivity contribution in [2.24, 2.45) is 5.10 Å². The number of rotatable bonds is 3. The van der Waals surface area contributed by atoms with E-state index in [9.17, 15) is 19.5 Å². The van der Waals surface area contributed by atoms with Crippen LogP contribution in [0.3, 0.4) is 0 Å². The van der Waals surface area contributed by atoms with Gasteiger partial charge in [0.25, 0.3) is 11.5 Å². The number of aryl methyl sites for hydroxylation is 1. The van der Waals surface area contributed by atoms with Crippen molar-refractivity contribution < 1.29 is 9.90 Å². The lowest BCUT2D eigenvalue weighted by Gasteiger charge is -2.12. The van der Waals surface area contributed by atoms with Gasteiger partial charge in [-0.25, -0.2) is 9.36 Å². The fraction of sp³-hybridized carbons (Fsp3) is 0.0909. The molecule has 0 atom stereocenters. The lowest BCUT2D eigenvalue weighted by atomic mass is 10.1. The van der Waals surface area contributed by atoms with E-state index in [-0.39, 0.29) is 11.1 Å². The van der Waals surface area contributed by atoms with Gasteiger partial charge in [0.05, 0.1) is 22.7 Å². The van der Waals surface area contributed by atoms with Crippen LogP contribution >= 0.6 is 15.9 Å². The Morgan fingerprint density at radius 2 is 1.74 bits per heavy atom. The highest BCUT2D eigenvalue weighted by molar-refractivity contribution is 9.10. The molecule has 9 heteroatoms. The molecule has 1 aromatic heterocycles. The van der Waals surface area contributed by atoms with Crippen LogP contribution in [0.25, 0.3) is 11.8 Å². The predicted octanol–water partition coefficient (Wildman–Crippen LogP) is 3.11. The van der Waals surface area contributed by atoms with Crippen molar-refractivity contribution in [2.45, 2.75) is 13.8 Å². The average molecular weight is 481 g/mol. The Labute approximate surface area is 184 Å². The monoisotopic (exact) mass is 480 g/mol. The third-order valence-corrected chi connectivity index (χ3v) is 5.33. The standard InChI is InChI=1S/C22H17BrN4O4/c1-12-4-3-5-16(10-12)26-20(29)18(19(28)24-22(26)31)11-17-13(2)25-27(21(17)30)15-8-6-14(23)7-9-15/h3-11,29H,1-2H3,(H,24,28,31)/b17-11-. The van der Waals surface area contributed by atoms with Gasteiger partial charge >= 0.3 is 5.69 Å². The summed E-state index contributed by atoms with van der Waals surface area (Å²) in [6.45, 7) is 3.47. The second kappa shape index (κ2) is 7.84. The molecule has 4 rings (SSSR count). The third kappa shape index (κ3) is 3.75. The van der Waals surface area contributed by atoms with Gasteiger partial charge in [0.1, 0.15) is 5.56 Å². The maximum Gasteiger partial charge on any atom is 0.335 e. The van der Waals surface area contributed by atoms with Gasteiger partial charge in [-0.05, 0) is 61.9 Å². The first-order chi connectivity index (χ1) is 14.8. The summed E-state index contributed by atoms with van der Waals surface area (Å²) in [4.78, 5) is 40.0. The van der Waals surface area contributed by atoms with Crippen LogP contribution in [0.5, 0.6) is 5.88 Å². The number of aromatic amines is 1. The number of nitrogens with one attached hydrogen (secondary N) is 1. The van der Waals surface area contributed by atoms with Gasteiger partial charge in [-0.15, -0.1) is 0 Å². The molecular formula is C22H17BrN4O4. The molecular weight excluding hydrogens is 464 g/mol. The van der Waals surface area contributed by atoms with Crippen LogP contribution in [0, 0.1) is 6.92 Å². The summed E-state index contributed by atoms with van der Waals surface area (Å²) in [7, 11) is 0. The molecule has 0 bridgehead atoms. The lowest BCUT2D eigenvalue weighted by molar-refractivity contribution is -0.114. The molecule has 2 heterocycles. The third-order valence-electron chi connectivity index (χ3n) is 4.80. The van der Waals surface area contributed by atoms with E-state index in [1.165, 1.54) is 11.1 Å². The molecule has 2 aromatic carbocycles. The van der Waals surface area contributed by atoms with Gasteiger partial charge in [0.15, 0.2) is 0 Å². The van der Waals surface area contributed by atoms with Crippen LogP contribution in [-0.2, 0) is 4.79 Å². The Bertz CT molecular complexity index is 1380. The Hall–Kier alpha value is -3.72. The number of H-pyrrole nitrogens is 1. The zero-order valence-corrected chi connectivity index (χ0v) is 18.2. The van der Waals surface area contributed by atoms with Crippen LogP contribution in [0.4, 0.5) is 5.69 Å². The van der Waals surface area contributed by atoms with Gasteiger partial charge in [-0.1, -0.05) is 28.1 Å². The number of halogens is 1. The van der Waals surface area contributed by atoms with Crippen LogP contribution < -0.4 is 16.3 Å². The number of amides is 1. The van der Waals surface area contributed by atoms with E-state index < -0.39 is 23.0 Å². The highest BCUT2D eigenvalue weighted by atomic mass is 79.9. The largest absolute Gasteiger partial charge is 0.494 e. The summed E-state index contributed by atoms with van der Waals surface area (Å²) in [5, 5.41) is 16.3. The maximum atomic E-state index is 13.0. The molecule has 8 nitrogen and oxygen atoms in total. The van der Waals surface area contributed by atoms with Gasteiger partial charge < -0.3 is 5.11 Å². The van der Waals surface area contributed by atoms with Crippen LogP contribution in [0.2, 0.25) is 0 Å². The molecule has 31 heavy (non-hydrogen) atoms. The Kier molecular flexibility index (Phi) is 5.20. The van der Waals surface area contributed by atoms with Crippen molar-refractivity contribution in [1.82, 2.24) is 9.55 Å². The normalized spacial score (nSPS) is 14.9. The van der Waals surface area contributed by atoms with Crippen molar-refractivity contribution in [2.75, 3.05) is 5.01 Å². The molecule has 0 saturated heterocycles. The number of hydrazone groups is 1. The minimum absolute atomic E-state index is 0.137. The average Bonchev–Trinajstić information content (AvgIpc) is 2.99. The maximum absolute atomic E-state index is 13.0. The Morgan fingerprint density at radius 1 is 1.03 bits per heavy atom. The fourth-order valence-corrected chi connectivity index (χ4v) is 3.53. The molecule has 3 aromatic rings. The molecule has 1 aliphatic rings. The predicted molar refractivity (Wildman–Crippen MR) is 122 cm³/mol. The van der Waals surface area contributed by atoms with Gasteiger partial charge in [0.2, 0.25) is 5.88 Å². The number of hydrogen-bond donors (Lipinski definition) is 2. The lowest BCUT2D eigenvalue weighted by Crippen LogP contribution is -2.30. The smallest absolute Gasteiger partial charge is 0.335 e. The van der Waals surface area contributed by atoms with Crippen LogP contribution in [0.1, 0.15) is 18.1 Å². The molecule has 0 radical (unpaired) electrons. The number of aromatic hydroxyl groups is 1. The molecule has 0 aliphatic carbocycles. The van der Waals surface area contributed by atoms with E-state index >= 15 is 0 Å². The molecule has 2 N–H and O–H groups in total. The Balaban J connectivity index is 1.82. The van der Waals surface area contributed by atoms with E-state index in [0.29, 0.717) is 17.1 Å². The summed E-state index contributed by atoms with van der Waals surface area (Å²) in [6.07, 6.45) is 1.25. The number of aromatic nitrogens is 2.